The molecular weight excluding hydrogens is 350 g/mol. The second-order valence-corrected chi connectivity index (χ2v) is 8.88. The van der Waals surface area contributed by atoms with Gasteiger partial charge in [0.2, 0.25) is 10.0 Å². The zero-order valence-electron chi connectivity index (χ0n) is 16.0. The molecule has 0 amide bonds. The Morgan fingerprint density at radius 1 is 0.923 bits per heavy atom. The minimum absolute atomic E-state index is 0.0108. The van der Waals surface area contributed by atoms with Crippen LogP contribution in [0.3, 0.4) is 0 Å². The molecule has 142 valence electrons. The van der Waals surface area contributed by atoms with Gasteiger partial charge in [-0.3, -0.25) is 0 Å². The largest absolute Gasteiger partial charge is 0.493 e. The molecule has 0 bridgehead atoms. The lowest BCUT2D eigenvalue weighted by atomic mass is 9.87. The molecule has 2 aromatic carbocycles. The van der Waals surface area contributed by atoms with Gasteiger partial charge < -0.3 is 9.47 Å². The van der Waals surface area contributed by atoms with Crippen LogP contribution < -0.4 is 14.2 Å². The van der Waals surface area contributed by atoms with E-state index in [-0.39, 0.29) is 10.3 Å². The van der Waals surface area contributed by atoms with Gasteiger partial charge in [0.25, 0.3) is 0 Å². The Kier molecular flexibility index (Phi) is 6.31. The standard InChI is InChI=1S/C20H27NO4S/c1-20(2,3)16-7-9-17(10-8-16)26(22,23)21-13-12-15-6-11-18(24-4)19(14-15)25-5/h6-11,14,21H,12-13H2,1-5H3. The normalized spacial score (nSPS) is 12.0. The first-order valence-corrected chi connectivity index (χ1v) is 9.97. The van der Waals surface area contributed by atoms with Crippen LogP contribution in [0.15, 0.2) is 47.4 Å². The molecule has 6 heteroatoms. The van der Waals surface area contributed by atoms with E-state index in [1.165, 1.54) is 0 Å². The van der Waals surface area contributed by atoms with Gasteiger partial charge in [-0.15, -0.1) is 0 Å². The van der Waals surface area contributed by atoms with Gasteiger partial charge in [-0.25, -0.2) is 13.1 Å². The fraction of sp³-hybridized carbons (Fsp3) is 0.400. The maximum Gasteiger partial charge on any atom is 0.240 e. The van der Waals surface area contributed by atoms with Gasteiger partial charge in [-0.05, 0) is 47.2 Å². The van der Waals surface area contributed by atoms with Crippen LogP contribution in [0.5, 0.6) is 11.5 Å². The molecule has 0 radical (unpaired) electrons. The molecule has 0 saturated heterocycles. The van der Waals surface area contributed by atoms with Gasteiger partial charge in [0.15, 0.2) is 11.5 Å². The summed E-state index contributed by atoms with van der Waals surface area (Å²) in [5.41, 5.74) is 2.05. The summed E-state index contributed by atoms with van der Waals surface area (Å²) in [5, 5.41) is 0. The number of methoxy groups -OCH3 is 2. The van der Waals surface area contributed by atoms with Crippen molar-refractivity contribution in [1.82, 2.24) is 4.72 Å². The lowest BCUT2D eigenvalue weighted by Gasteiger charge is -2.19. The highest BCUT2D eigenvalue weighted by molar-refractivity contribution is 7.89. The van der Waals surface area contributed by atoms with Crippen molar-refractivity contribution in [3.63, 3.8) is 0 Å². The van der Waals surface area contributed by atoms with Gasteiger partial charge in [0, 0.05) is 6.54 Å². The van der Waals surface area contributed by atoms with Crippen molar-refractivity contribution < 1.29 is 17.9 Å². The molecule has 0 spiro atoms. The number of ether oxygens (including phenoxy) is 2. The highest BCUT2D eigenvalue weighted by Gasteiger charge is 2.17. The number of benzene rings is 2. The van der Waals surface area contributed by atoms with Crippen LogP contribution in [0.2, 0.25) is 0 Å². The zero-order valence-corrected chi connectivity index (χ0v) is 16.8. The van der Waals surface area contributed by atoms with Crippen molar-refractivity contribution in [3.05, 3.63) is 53.6 Å². The van der Waals surface area contributed by atoms with Crippen LogP contribution in [-0.2, 0) is 21.9 Å². The SMILES string of the molecule is COc1ccc(CCNS(=O)(=O)c2ccc(C(C)(C)C)cc2)cc1OC. The van der Waals surface area contributed by atoms with Crippen molar-refractivity contribution in [1.29, 1.82) is 0 Å². The number of nitrogens with one attached hydrogen (secondary N) is 1. The summed E-state index contributed by atoms with van der Waals surface area (Å²) >= 11 is 0. The Balaban J connectivity index is 2.02. The Morgan fingerprint density at radius 2 is 1.54 bits per heavy atom. The van der Waals surface area contributed by atoms with E-state index in [1.807, 2.05) is 30.3 Å². The summed E-state index contributed by atoms with van der Waals surface area (Å²) in [4.78, 5) is 0.276. The second-order valence-electron chi connectivity index (χ2n) is 7.11. The average molecular weight is 378 g/mol. The molecule has 0 atom stereocenters. The predicted molar refractivity (Wildman–Crippen MR) is 104 cm³/mol. The number of hydrogen-bond donors (Lipinski definition) is 1. The van der Waals surface area contributed by atoms with E-state index < -0.39 is 10.0 Å². The first-order valence-electron chi connectivity index (χ1n) is 8.48. The second kappa shape index (κ2) is 8.10. The van der Waals surface area contributed by atoms with Crippen LogP contribution >= 0.6 is 0 Å². The zero-order chi connectivity index (χ0) is 19.4. The first kappa shape index (κ1) is 20.3. The Labute approximate surface area is 156 Å². The molecule has 0 aliphatic heterocycles. The third kappa shape index (κ3) is 4.99. The topological polar surface area (TPSA) is 64.6 Å². The van der Waals surface area contributed by atoms with Crippen molar-refractivity contribution >= 4 is 10.0 Å². The Morgan fingerprint density at radius 3 is 2.08 bits per heavy atom. The first-order chi connectivity index (χ1) is 12.2. The number of hydrogen-bond acceptors (Lipinski definition) is 4. The van der Waals surface area contributed by atoms with Crippen molar-refractivity contribution in [3.8, 4) is 11.5 Å². The summed E-state index contributed by atoms with van der Waals surface area (Å²) in [6, 6.07) is 12.6. The minimum Gasteiger partial charge on any atom is -0.493 e. The molecule has 0 aliphatic carbocycles. The lowest BCUT2D eigenvalue weighted by Crippen LogP contribution is -2.26. The molecular formula is C20H27NO4S. The number of rotatable bonds is 7. The van der Waals surface area contributed by atoms with Gasteiger partial charge in [0.05, 0.1) is 19.1 Å². The molecule has 2 rings (SSSR count). The molecule has 1 N–H and O–H groups in total. The highest BCUT2D eigenvalue weighted by Crippen LogP contribution is 2.27. The predicted octanol–water partition coefficient (Wildman–Crippen LogP) is 3.52. The minimum atomic E-state index is -3.53. The molecule has 5 nitrogen and oxygen atoms in total. The van der Waals surface area contributed by atoms with Crippen LogP contribution in [0.25, 0.3) is 0 Å². The summed E-state index contributed by atoms with van der Waals surface area (Å²) in [6.45, 7) is 6.59. The van der Waals surface area contributed by atoms with Gasteiger partial charge >= 0.3 is 0 Å². The van der Waals surface area contributed by atoms with Crippen molar-refractivity contribution in [2.24, 2.45) is 0 Å². The van der Waals surface area contributed by atoms with E-state index in [4.69, 9.17) is 9.47 Å². The van der Waals surface area contributed by atoms with Crippen LogP contribution in [-0.4, -0.2) is 29.2 Å². The molecule has 2 aromatic rings. The fourth-order valence-electron chi connectivity index (χ4n) is 2.58. The average Bonchev–Trinajstić information content (AvgIpc) is 2.60. The number of sulfonamides is 1. The van der Waals surface area contributed by atoms with Crippen LogP contribution in [0.4, 0.5) is 0 Å². The van der Waals surface area contributed by atoms with E-state index in [0.29, 0.717) is 24.5 Å². The summed E-state index contributed by atoms with van der Waals surface area (Å²) in [5.74, 6) is 1.28. The quantitative estimate of drug-likeness (QED) is 0.802. The van der Waals surface area contributed by atoms with Crippen LogP contribution in [0.1, 0.15) is 31.9 Å². The Bertz CT molecular complexity index is 837. The smallest absolute Gasteiger partial charge is 0.240 e. The third-order valence-electron chi connectivity index (χ3n) is 4.18. The summed E-state index contributed by atoms with van der Waals surface area (Å²) < 4.78 is 38.0. The molecule has 0 heterocycles. The van der Waals surface area contributed by atoms with E-state index >= 15 is 0 Å². The molecule has 0 aliphatic rings. The molecule has 0 fully saturated rings. The lowest BCUT2D eigenvalue weighted by molar-refractivity contribution is 0.354. The van der Waals surface area contributed by atoms with E-state index in [0.717, 1.165) is 11.1 Å². The maximum absolute atomic E-state index is 12.5. The Hall–Kier alpha value is -2.05. The van der Waals surface area contributed by atoms with E-state index in [9.17, 15) is 8.42 Å². The van der Waals surface area contributed by atoms with E-state index in [1.54, 1.807) is 26.4 Å². The van der Waals surface area contributed by atoms with E-state index in [2.05, 4.69) is 25.5 Å². The molecule has 26 heavy (non-hydrogen) atoms. The summed E-state index contributed by atoms with van der Waals surface area (Å²) in [7, 11) is -0.372. The summed E-state index contributed by atoms with van der Waals surface area (Å²) in [6.07, 6.45) is 0.555. The third-order valence-corrected chi connectivity index (χ3v) is 5.66. The monoisotopic (exact) mass is 377 g/mol. The highest BCUT2D eigenvalue weighted by atomic mass is 32.2. The molecule has 0 unspecified atom stereocenters. The van der Waals surface area contributed by atoms with Crippen LogP contribution in [0, 0.1) is 0 Å². The van der Waals surface area contributed by atoms with Crippen molar-refractivity contribution in [2.45, 2.75) is 37.5 Å². The molecule has 0 aromatic heterocycles. The van der Waals surface area contributed by atoms with Crippen molar-refractivity contribution in [2.75, 3.05) is 20.8 Å². The van der Waals surface area contributed by atoms with Gasteiger partial charge in [-0.2, -0.15) is 0 Å². The van der Waals surface area contributed by atoms with Gasteiger partial charge in [0.1, 0.15) is 0 Å². The fourth-order valence-corrected chi connectivity index (χ4v) is 3.62. The van der Waals surface area contributed by atoms with Gasteiger partial charge in [-0.1, -0.05) is 39.0 Å². The maximum atomic E-state index is 12.5. The molecule has 0 saturated carbocycles.